The molecule has 5 rings (SSSR count). The highest BCUT2D eigenvalue weighted by Gasteiger charge is 2.51. The van der Waals surface area contributed by atoms with Gasteiger partial charge in [-0.1, -0.05) is 62.8 Å². The summed E-state index contributed by atoms with van der Waals surface area (Å²) in [6, 6.07) is 1.22. The van der Waals surface area contributed by atoms with Crippen molar-refractivity contribution in [2.24, 2.45) is 44.6 Å². The molecule has 70 heavy (non-hydrogen) atoms. The average molecular weight is 981 g/mol. The van der Waals surface area contributed by atoms with Gasteiger partial charge in [-0.15, -0.1) is 0 Å². The molecule has 24 heteroatoms. The Kier molecular flexibility index (Phi) is 20.1. The van der Waals surface area contributed by atoms with E-state index >= 15 is 0 Å². The van der Waals surface area contributed by atoms with E-state index in [1.807, 2.05) is 18.2 Å². The summed E-state index contributed by atoms with van der Waals surface area (Å²) in [6.07, 6.45) is 7.81. The molecule has 2 heterocycles. The van der Waals surface area contributed by atoms with E-state index in [2.05, 4.69) is 36.6 Å². The number of hydrogen-bond donors (Lipinski definition) is 12. The number of fused-ring (bicyclic) bond motifs is 2. The first-order valence-corrected chi connectivity index (χ1v) is 24.3. The number of carboxylic acid groups (broad SMARTS) is 1. The highest BCUT2D eigenvalue weighted by atomic mass is 16.4. The van der Waals surface area contributed by atoms with Crippen molar-refractivity contribution >= 4 is 59.2 Å². The predicted molar refractivity (Wildman–Crippen MR) is 256 cm³/mol. The van der Waals surface area contributed by atoms with E-state index in [9.17, 15) is 48.6 Å². The van der Waals surface area contributed by atoms with Gasteiger partial charge in [0.05, 0.1) is 25.7 Å². The first-order valence-electron chi connectivity index (χ1n) is 24.3. The second-order valence-electron chi connectivity index (χ2n) is 18.7. The molecule has 2 saturated carbocycles. The zero-order chi connectivity index (χ0) is 51.0. The fraction of sp³-hybridized carbons (Fsp3) is 0.652. The summed E-state index contributed by atoms with van der Waals surface area (Å²) < 4.78 is 0. The second kappa shape index (κ2) is 25.9. The standard InChI is InChI=1S/C46H72N14O10/c47-30(14-9-19-52-44(48)49)38(64)57-31(15-10-20-53-45(50)51)39(65)54-24-37(63)58-46(17-7-1-2-8-18-46)43(70)55-23-36(62)56-32(26-61)40(66)59-25-29-13-4-3-11-27(29)21-34(59)41(67)60-33-16-6-5-12-28(33)22-35(60)42(68)69/h3-4,11,13,28,30-35,61H,1-2,5-10,12,14-26,47H2,(H,54,65)(H,55,70)(H,56,62)(H,57,64)(H,58,63)(H,68,69)(H4,48,49,52)(H4,50,51,53)/t28-,30+,31-,32-,33-,34+,35?/m0/s1. The number of hydrogen-bond acceptors (Lipinski definition) is 12. The van der Waals surface area contributed by atoms with E-state index in [0.29, 0.717) is 32.1 Å². The summed E-state index contributed by atoms with van der Waals surface area (Å²) in [4.78, 5) is 119. The maximum atomic E-state index is 14.6. The molecule has 0 spiro atoms. The van der Waals surface area contributed by atoms with Crippen LogP contribution in [0.4, 0.5) is 0 Å². The van der Waals surface area contributed by atoms with E-state index in [0.717, 1.165) is 43.2 Å². The fourth-order valence-corrected chi connectivity index (χ4v) is 10.1. The van der Waals surface area contributed by atoms with Crippen LogP contribution in [0.1, 0.15) is 107 Å². The number of carbonyl (C=O) groups excluding carboxylic acids is 7. The number of nitrogens with one attached hydrogen (secondary N) is 5. The Bertz CT molecular complexity index is 2110. The molecule has 4 aliphatic rings. The van der Waals surface area contributed by atoms with Gasteiger partial charge in [0.25, 0.3) is 0 Å². The van der Waals surface area contributed by atoms with Crippen LogP contribution in [-0.2, 0) is 51.3 Å². The third-order valence-electron chi connectivity index (χ3n) is 13.7. The van der Waals surface area contributed by atoms with Crippen LogP contribution < -0.4 is 55.3 Å². The number of amides is 7. The van der Waals surface area contributed by atoms with E-state index in [-0.39, 0.29) is 82.0 Å². The Labute approximate surface area is 407 Å². The molecule has 17 N–H and O–H groups in total. The number of aliphatic carboxylic acids is 1. The van der Waals surface area contributed by atoms with Crippen molar-refractivity contribution in [3.8, 4) is 0 Å². The van der Waals surface area contributed by atoms with E-state index in [4.69, 9.17) is 28.7 Å². The fourth-order valence-electron chi connectivity index (χ4n) is 10.1. The SMILES string of the molecule is NC(N)=NCCC[C@@H](N)C(=O)N[C@@H](CCCN=C(N)N)C(=O)NCC(=O)NC1(C(=O)NCC(=O)N[C@@H](CO)C(=O)N2Cc3ccccc3C[C@@H]2C(=O)N2C(C(=O)O)C[C@@H]3CCCC[C@@H]32)CCCCCC1. The van der Waals surface area contributed by atoms with Gasteiger partial charge in [-0.2, -0.15) is 0 Å². The molecule has 1 aromatic carbocycles. The second-order valence-corrected chi connectivity index (χ2v) is 18.7. The van der Waals surface area contributed by atoms with Gasteiger partial charge in [0, 0.05) is 32.1 Å². The molecule has 1 aromatic rings. The number of likely N-dealkylation sites (tertiary alicyclic amines) is 1. The molecule has 3 fully saturated rings. The largest absolute Gasteiger partial charge is 0.480 e. The number of aliphatic hydroxyl groups excluding tert-OH is 1. The highest BCUT2D eigenvalue weighted by molar-refractivity contribution is 5.98. The minimum Gasteiger partial charge on any atom is -0.480 e. The van der Waals surface area contributed by atoms with Crippen molar-refractivity contribution in [2.45, 2.75) is 151 Å². The van der Waals surface area contributed by atoms with Crippen molar-refractivity contribution in [1.29, 1.82) is 0 Å². The zero-order valence-corrected chi connectivity index (χ0v) is 39.7. The van der Waals surface area contributed by atoms with Crippen molar-refractivity contribution in [3.05, 3.63) is 35.4 Å². The number of aliphatic hydroxyl groups is 1. The number of carbonyl (C=O) groups is 8. The van der Waals surface area contributed by atoms with Crippen molar-refractivity contribution in [2.75, 3.05) is 32.8 Å². The molecule has 1 unspecified atom stereocenters. The van der Waals surface area contributed by atoms with Gasteiger partial charge >= 0.3 is 5.97 Å². The molecule has 2 aliphatic heterocycles. The van der Waals surface area contributed by atoms with E-state index < -0.39 is 103 Å². The Balaban J connectivity index is 1.21. The predicted octanol–water partition coefficient (Wildman–Crippen LogP) is -2.98. The minimum atomic E-state index is -1.52. The molecule has 386 valence electrons. The van der Waals surface area contributed by atoms with Crippen LogP contribution in [0, 0.1) is 5.92 Å². The van der Waals surface area contributed by atoms with Gasteiger partial charge in [0.1, 0.15) is 29.7 Å². The third kappa shape index (κ3) is 14.7. The molecule has 7 atom stereocenters. The molecule has 2 aliphatic carbocycles. The van der Waals surface area contributed by atoms with Crippen molar-refractivity contribution < 1.29 is 48.6 Å². The monoisotopic (exact) mass is 981 g/mol. The number of nitrogens with zero attached hydrogens (tertiary/aromatic N) is 4. The van der Waals surface area contributed by atoms with Crippen LogP contribution in [0.3, 0.4) is 0 Å². The normalized spacial score (nSPS) is 21.7. The lowest BCUT2D eigenvalue weighted by Crippen LogP contribution is -2.62. The topological polar surface area (TPSA) is 398 Å². The number of aliphatic imine (C=N–C) groups is 2. The van der Waals surface area contributed by atoms with Gasteiger partial charge in [-0.25, -0.2) is 4.79 Å². The molecule has 0 radical (unpaired) electrons. The van der Waals surface area contributed by atoms with Crippen LogP contribution in [0.25, 0.3) is 0 Å². The molecule has 0 aromatic heterocycles. The highest BCUT2D eigenvalue weighted by Crippen LogP contribution is 2.41. The summed E-state index contributed by atoms with van der Waals surface area (Å²) in [7, 11) is 0. The summed E-state index contributed by atoms with van der Waals surface area (Å²) in [5.41, 5.74) is 27.7. The molecular formula is C46H72N14O10. The number of rotatable bonds is 22. The first kappa shape index (κ1) is 54.4. The van der Waals surface area contributed by atoms with Crippen molar-refractivity contribution in [3.63, 3.8) is 0 Å². The van der Waals surface area contributed by atoms with Crippen LogP contribution in [0.15, 0.2) is 34.3 Å². The summed E-state index contributed by atoms with van der Waals surface area (Å²) in [5, 5.41) is 33.7. The third-order valence-corrected chi connectivity index (χ3v) is 13.7. The molecule has 24 nitrogen and oxygen atoms in total. The Morgan fingerprint density at radius 2 is 1.37 bits per heavy atom. The number of nitrogens with two attached hydrogens (primary N) is 5. The minimum absolute atomic E-state index is 0.0253. The maximum Gasteiger partial charge on any atom is 0.326 e. The Morgan fingerprint density at radius 1 is 0.743 bits per heavy atom. The number of benzene rings is 1. The van der Waals surface area contributed by atoms with Gasteiger partial charge < -0.3 is 75.3 Å². The quantitative estimate of drug-likeness (QED) is 0.0239. The zero-order valence-electron chi connectivity index (χ0n) is 39.7. The van der Waals surface area contributed by atoms with Crippen LogP contribution >= 0.6 is 0 Å². The summed E-state index contributed by atoms with van der Waals surface area (Å²) in [5.74, 6) is -6.11. The number of guanidine groups is 2. The Morgan fingerprint density at radius 3 is 2.01 bits per heavy atom. The van der Waals surface area contributed by atoms with Gasteiger partial charge in [-0.3, -0.25) is 43.5 Å². The molecule has 7 amide bonds. The molecule has 1 saturated heterocycles. The lowest BCUT2D eigenvalue weighted by molar-refractivity contribution is -0.156. The maximum absolute atomic E-state index is 14.6. The molecule has 0 bridgehead atoms. The number of carboxylic acids is 1. The van der Waals surface area contributed by atoms with Crippen molar-refractivity contribution in [1.82, 2.24) is 36.4 Å². The lowest BCUT2D eigenvalue weighted by Gasteiger charge is -2.42. The first-order chi connectivity index (χ1) is 33.4. The van der Waals surface area contributed by atoms with Gasteiger partial charge in [-0.05, 0) is 74.8 Å². The smallest absolute Gasteiger partial charge is 0.326 e. The van der Waals surface area contributed by atoms with E-state index in [1.54, 1.807) is 6.07 Å². The summed E-state index contributed by atoms with van der Waals surface area (Å²) >= 11 is 0. The average Bonchev–Trinajstić information content (AvgIpc) is 3.58. The van der Waals surface area contributed by atoms with Crippen LogP contribution in [-0.4, -0.2) is 154 Å². The lowest BCUT2D eigenvalue weighted by atomic mass is 9.84. The summed E-state index contributed by atoms with van der Waals surface area (Å²) in [6.45, 7) is -1.67. The van der Waals surface area contributed by atoms with Gasteiger partial charge in [0.2, 0.25) is 41.4 Å². The van der Waals surface area contributed by atoms with Gasteiger partial charge in [0.15, 0.2) is 11.9 Å². The Hall–Kier alpha value is -6.56. The molecular weight excluding hydrogens is 909 g/mol. The van der Waals surface area contributed by atoms with Crippen LogP contribution in [0.2, 0.25) is 0 Å². The van der Waals surface area contributed by atoms with Crippen LogP contribution in [0.5, 0.6) is 0 Å². The van der Waals surface area contributed by atoms with E-state index in [1.165, 1.54) is 9.80 Å².